The molecule has 1 rings (SSSR count). The van der Waals surface area contributed by atoms with Crippen LogP contribution in [0.1, 0.15) is 30.9 Å². The van der Waals surface area contributed by atoms with E-state index < -0.39 is 0 Å². The first-order valence-corrected chi connectivity index (χ1v) is 5.98. The Balaban J connectivity index is 3.60. The van der Waals surface area contributed by atoms with Crippen molar-refractivity contribution in [2.45, 2.75) is 26.7 Å². The van der Waals surface area contributed by atoms with Crippen molar-refractivity contribution in [1.82, 2.24) is 0 Å². The summed E-state index contributed by atoms with van der Waals surface area (Å²) >= 11 is 6.95. The topological polar surface area (TPSA) is 52.0 Å². The van der Waals surface area contributed by atoms with Gasteiger partial charge in [-0.05, 0) is 55.8 Å². The van der Waals surface area contributed by atoms with Gasteiger partial charge in [0.2, 0.25) is 0 Å². The van der Waals surface area contributed by atoms with Gasteiger partial charge in [-0.1, -0.05) is 13.8 Å². The van der Waals surface area contributed by atoms with E-state index in [1.165, 1.54) is 0 Å². The lowest BCUT2D eigenvalue weighted by molar-refractivity contribution is 0.863. The summed E-state index contributed by atoms with van der Waals surface area (Å²) in [6, 6.07) is 0. The van der Waals surface area contributed by atoms with Crippen LogP contribution >= 0.6 is 31.9 Å². The van der Waals surface area contributed by atoms with Crippen molar-refractivity contribution in [3.8, 4) is 0 Å². The minimum Gasteiger partial charge on any atom is -0.398 e. The molecule has 1 aromatic rings. The molecule has 0 amide bonds. The van der Waals surface area contributed by atoms with Crippen molar-refractivity contribution in [2.24, 2.45) is 0 Å². The van der Waals surface area contributed by atoms with Crippen LogP contribution in [0.4, 0.5) is 11.4 Å². The Labute approximate surface area is 101 Å². The molecule has 2 nitrogen and oxygen atoms in total. The zero-order chi connectivity index (χ0) is 11.0. The molecule has 0 atom stereocenters. The maximum atomic E-state index is 6.02. The third-order valence-corrected chi connectivity index (χ3v) is 4.19. The van der Waals surface area contributed by atoms with Gasteiger partial charge in [0.15, 0.2) is 0 Å². The summed E-state index contributed by atoms with van der Waals surface area (Å²) in [4.78, 5) is 0. The van der Waals surface area contributed by atoms with E-state index in [1.54, 1.807) is 0 Å². The van der Waals surface area contributed by atoms with Crippen molar-refractivity contribution in [3.05, 3.63) is 20.1 Å². The summed E-state index contributed by atoms with van der Waals surface area (Å²) in [5.41, 5.74) is 15.6. The zero-order valence-corrected chi connectivity index (χ0v) is 11.7. The van der Waals surface area contributed by atoms with Gasteiger partial charge in [-0.3, -0.25) is 0 Å². The van der Waals surface area contributed by atoms with Gasteiger partial charge >= 0.3 is 0 Å². The Morgan fingerprint density at radius 3 is 1.93 bits per heavy atom. The van der Waals surface area contributed by atoms with Gasteiger partial charge < -0.3 is 11.5 Å². The summed E-state index contributed by atoms with van der Waals surface area (Å²) < 4.78 is 1.83. The smallest absolute Gasteiger partial charge is 0.0509 e. The van der Waals surface area contributed by atoms with Crippen LogP contribution in [0.25, 0.3) is 0 Å². The lowest BCUT2D eigenvalue weighted by Gasteiger charge is -2.18. The molecule has 0 aliphatic rings. The number of nitrogen functional groups attached to an aromatic ring is 2. The summed E-state index contributed by atoms with van der Waals surface area (Å²) in [5, 5.41) is 0. The molecule has 0 saturated carbocycles. The van der Waals surface area contributed by atoms with E-state index >= 15 is 0 Å². The van der Waals surface area contributed by atoms with Crippen LogP contribution < -0.4 is 11.5 Å². The number of benzene rings is 1. The van der Waals surface area contributed by atoms with Crippen molar-refractivity contribution >= 4 is 43.2 Å². The molecule has 0 unspecified atom stereocenters. The summed E-state index contributed by atoms with van der Waals surface area (Å²) in [7, 11) is 0. The lowest BCUT2D eigenvalue weighted by atomic mass is 9.98. The van der Waals surface area contributed by atoms with Crippen LogP contribution in [-0.4, -0.2) is 0 Å². The fourth-order valence-electron chi connectivity index (χ4n) is 1.43. The normalized spacial score (nSPS) is 11.0. The highest BCUT2D eigenvalue weighted by Crippen LogP contribution is 2.41. The average Bonchev–Trinajstić information content (AvgIpc) is 2.11. The second kappa shape index (κ2) is 4.11. The Morgan fingerprint density at radius 2 is 1.50 bits per heavy atom. The SMILES string of the molecule is Cc1c(N)c(Br)c(C(C)C)c(N)c1Br. The number of anilines is 2. The molecule has 1 aromatic carbocycles. The third kappa shape index (κ3) is 1.77. The maximum Gasteiger partial charge on any atom is 0.0509 e. The van der Waals surface area contributed by atoms with Gasteiger partial charge in [0.25, 0.3) is 0 Å². The minimum atomic E-state index is 0.351. The molecule has 0 aliphatic carbocycles. The standard InChI is InChI=1S/C10H14Br2N2/c1-4(2)6-8(12)9(13)5(3)7(11)10(6)14/h4H,13-14H2,1-3H3. The molecule has 0 aliphatic heterocycles. The molecule has 0 heterocycles. The second-order valence-electron chi connectivity index (χ2n) is 3.65. The van der Waals surface area contributed by atoms with E-state index in [0.717, 1.165) is 31.4 Å². The largest absolute Gasteiger partial charge is 0.398 e. The van der Waals surface area contributed by atoms with Crippen LogP contribution in [-0.2, 0) is 0 Å². The van der Waals surface area contributed by atoms with E-state index in [4.69, 9.17) is 11.5 Å². The zero-order valence-electron chi connectivity index (χ0n) is 8.49. The fraction of sp³-hybridized carbons (Fsp3) is 0.400. The van der Waals surface area contributed by atoms with Crippen LogP contribution in [0, 0.1) is 6.92 Å². The average molecular weight is 322 g/mol. The minimum absolute atomic E-state index is 0.351. The maximum absolute atomic E-state index is 6.02. The van der Waals surface area contributed by atoms with E-state index in [0.29, 0.717) is 5.92 Å². The molecule has 78 valence electrons. The highest BCUT2D eigenvalue weighted by atomic mass is 79.9. The molecule has 4 N–H and O–H groups in total. The highest BCUT2D eigenvalue weighted by molar-refractivity contribution is 9.11. The Bertz CT molecular complexity index is 344. The Kier molecular flexibility index (Phi) is 3.48. The number of hydrogen-bond donors (Lipinski definition) is 2. The number of rotatable bonds is 1. The molecular weight excluding hydrogens is 308 g/mol. The molecule has 14 heavy (non-hydrogen) atoms. The van der Waals surface area contributed by atoms with Crippen LogP contribution in [0.2, 0.25) is 0 Å². The highest BCUT2D eigenvalue weighted by Gasteiger charge is 2.17. The number of halogens is 2. The van der Waals surface area contributed by atoms with Crippen molar-refractivity contribution in [1.29, 1.82) is 0 Å². The van der Waals surface area contributed by atoms with E-state index in [2.05, 4.69) is 45.7 Å². The number of hydrogen-bond acceptors (Lipinski definition) is 2. The molecule has 0 radical (unpaired) electrons. The van der Waals surface area contributed by atoms with Gasteiger partial charge in [-0.25, -0.2) is 0 Å². The Morgan fingerprint density at radius 1 is 1.00 bits per heavy atom. The Hall–Kier alpha value is -0.220. The summed E-state index contributed by atoms with van der Waals surface area (Å²) in [6.45, 7) is 6.14. The molecule has 0 spiro atoms. The summed E-state index contributed by atoms with van der Waals surface area (Å²) in [6.07, 6.45) is 0. The first kappa shape index (κ1) is 11.9. The monoisotopic (exact) mass is 320 g/mol. The van der Waals surface area contributed by atoms with Crippen molar-refractivity contribution in [2.75, 3.05) is 11.5 Å². The van der Waals surface area contributed by atoms with Gasteiger partial charge in [0.05, 0.1) is 11.4 Å². The quantitative estimate of drug-likeness (QED) is 0.773. The van der Waals surface area contributed by atoms with Crippen molar-refractivity contribution < 1.29 is 0 Å². The van der Waals surface area contributed by atoms with Gasteiger partial charge in [0.1, 0.15) is 0 Å². The summed E-state index contributed by atoms with van der Waals surface area (Å²) in [5.74, 6) is 0.351. The predicted octanol–water partition coefficient (Wildman–Crippen LogP) is 3.81. The molecule has 0 aromatic heterocycles. The molecule has 0 fully saturated rings. The first-order valence-electron chi connectivity index (χ1n) is 4.40. The van der Waals surface area contributed by atoms with Gasteiger partial charge in [0, 0.05) is 8.95 Å². The van der Waals surface area contributed by atoms with Gasteiger partial charge in [-0.2, -0.15) is 0 Å². The first-order chi connectivity index (χ1) is 6.37. The van der Waals surface area contributed by atoms with Crippen LogP contribution in [0.5, 0.6) is 0 Å². The molecule has 4 heteroatoms. The second-order valence-corrected chi connectivity index (χ2v) is 5.23. The molecular formula is C10H14Br2N2. The van der Waals surface area contributed by atoms with Crippen LogP contribution in [0.15, 0.2) is 8.95 Å². The van der Waals surface area contributed by atoms with Gasteiger partial charge in [-0.15, -0.1) is 0 Å². The number of nitrogens with two attached hydrogens (primary N) is 2. The van der Waals surface area contributed by atoms with E-state index in [9.17, 15) is 0 Å². The van der Waals surface area contributed by atoms with E-state index in [-0.39, 0.29) is 0 Å². The van der Waals surface area contributed by atoms with Crippen LogP contribution in [0.3, 0.4) is 0 Å². The fourth-order valence-corrected chi connectivity index (χ4v) is 2.83. The van der Waals surface area contributed by atoms with Crippen molar-refractivity contribution in [3.63, 3.8) is 0 Å². The molecule has 0 saturated heterocycles. The third-order valence-electron chi connectivity index (χ3n) is 2.31. The predicted molar refractivity (Wildman–Crippen MR) is 69.5 cm³/mol. The lowest BCUT2D eigenvalue weighted by Crippen LogP contribution is -2.04. The van der Waals surface area contributed by atoms with E-state index in [1.807, 2.05) is 6.92 Å². The molecule has 0 bridgehead atoms.